The molecule has 0 aliphatic carbocycles. The second-order valence-electron chi connectivity index (χ2n) is 4.92. The van der Waals surface area contributed by atoms with E-state index in [0.717, 1.165) is 28.5 Å². The highest BCUT2D eigenvalue weighted by atomic mass is 32.1. The molecular formula is C15H16N6OS. The van der Waals surface area contributed by atoms with Crippen LogP contribution in [0.25, 0.3) is 10.6 Å². The molecule has 0 unspecified atom stereocenters. The van der Waals surface area contributed by atoms with Crippen LogP contribution in [0.15, 0.2) is 36.5 Å². The van der Waals surface area contributed by atoms with Gasteiger partial charge >= 0.3 is 0 Å². The van der Waals surface area contributed by atoms with Crippen molar-refractivity contribution in [2.24, 2.45) is 0 Å². The molecular weight excluding hydrogens is 312 g/mol. The minimum Gasteiger partial charge on any atom is -0.344 e. The number of nitrogens with zero attached hydrogens (tertiary/aromatic N) is 5. The molecule has 1 N–H and O–H groups in total. The third-order valence-electron chi connectivity index (χ3n) is 3.11. The van der Waals surface area contributed by atoms with Gasteiger partial charge in [0.2, 0.25) is 0 Å². The van der Waals surface area contributed by atoms with Crippen LogP contribution >= 0.6 is 11.3 Å². The summed E-state index contributed by atoms with van der Waals surface area (Å²) in [5.74, 6) is -0.260. The molecule has 8 heteroatoms. The van der Waals surface area contributed by atoms with Crippen LogP contribution in [-0.2, 0) is 13.1 Å². The fourth-order valence-electron chi connectivity index (χ4n) is 2.01. The van der Waals surface area contributed by atoms with Gasteiger partial charge in [-0.2, -0.15) is 0 Å². The third-order valence-corrected chi connectivity index (χ3v) is 4.08. The van der Waals surface area contributed by atoms with Crippen molar-refractivity contribution < 1.29 is 4.79 Å². The van der Waals surface area contributed by atoms with Crippen LogP contribution in [0, 0.1) is 0 Å². The molecule has 0 aliphatic rings. The molecule has 0 aliphatic heterocycles. The highest BCUT2D eigenvalue weighted by Crippen LogP contribution is 2.22. The Bertz CT molecular complexity index is 782. The van der Waals surface area contributed by atoms with E-state index in [0.29, 0.717) is 12.2 Å². The van der Waals surface area contributed by atoms with Gasteiger partial charge in [0.25, 0.3) is 5.91 Å². The predicted molar refractivity (Wildman–Crippen MR) is 86.8 cm³/mol. The van der Waals surface area contributed by atoms with E-state index in [-0.39, 0.29) is 5.91 Å². The number of hydrogen-bond donors (Lipinski definition) is 1. The van der Waals surface area contributed by atoms with E-state index >= 15 is 0 Å². The molecule has 0 bridgehead atoms. The van der Waals surface area contributed by atoms with Crippen LogP contribution in [0.4, 0.5) is 0 Å². The molecule has 7 nitrogen and oxygen atoms in total. The van der Waals surface area contributed by atoms with Gasteiger partial charge in [0, 0.05) is 12.1 Å². The normalized spacial score (nSPS) is 10.7. The summed E-state index contributed by atoms with van der Waals surface area (Å²) in [6, 6.07) is 9.83. The number of carbonyl (C=O) groups excluding carboxylic acids is 1. The number of aryl methyl sites for hydroxylation is 1. The summed E-state index contributed by atoms with van der Waals surface area (Å²) in [5, 5.41) is 20.4. The molecule has 0 fully saturated rings. The molecule has 2 heterocycles. The smallest absolute Gasteiger partial charge is 0.273 e. The average molecular weight is 328 g/mol. The van der Waals surface area contributed by atoms with E-state index in [1.54, 1.807) is 10.9 Å². The zero-order valence-electron chi connectivity index (χ0n) is 12.6. The Balaban J connectivity index is 1.60. The molecule has 0 radical (unpaired) electrons. The Hall–Kier alpha value is -2.61. The Kier molecular flexibility index (Phi) is 4.72. The van der Waals surface area contributed by atoms with Gasteiger partial charge in [-0.3, -0.25) is 9.48 Å². The van der Waals surface area contributed by atoms with Crippen LogP contribution < -0.4 is 5.32 Å². The van der Waals surface area contributed by atoms with Crippen molar-refractivity contribution in [1.82, 2.24) is 30.5 Å². The topological polar surface area (TPSA) is 85.6 Å². The molecule has 0 saturated heterocycles. The summed E-state index contributed by atoms with van der Waals surface area (Å²) in [4.78, 5) is 12.0. The van der Waals surface area contributed by atoms with Crippen molar-refractivity contribution in [3.05, 3.63) is 47.2 Å². The lowest BCUT2D eigenvalue weighted by atomic mass is 10.2. The second-order valence-corrected chi connectivity index (χ2v) is 5.98. The first-order valence-corrected chi connectivity index (χ1v) is 8.14. The van der Waals surface area contributed by atoms with Crippen molar-refractivity contribution in [3.63, 3.8) is 0 Å². The van der Waals surface area contributed by atoms with E-state index < -0.39 is 0 Å². The molecule has 23 heavy (non-hydrogen) atoms. The highest BCUT2D eigenvalue weighted by molar-refractivity contribution is 7.14. The molecule has 3 aromatic rings. The Morgan fingerprint density at radius 1 is 1.22 bits per heavy atom. The molecule has 118 valence electrons. The number of nitrogens with one attached hydrogen (secondary N) is 1. The van der Waals surface area contributed by atoms with Gasteiger partial charge < -0.3 is 5.32 Å². The van der Waals surface area contributed by atoms with Crippen LogP contribution in [0.2, 0.25) is 0 Å². The summed E-state index contributed by atoms with van der Waals surface area (Å²) in [6.07, 6.45) is 2.59. The van der Waals surface area contributed by atoms with Crippen LogP contribution in [0.3, 0.4) is 0 Å². The maximum Gasteiger partial charge on any atom is 0.273 e. The van der Waals surface area contributed by atoms with E-state index in [2.05, 4.69) is 25.8 Å². The van der Waals surface area contributed by atoms with Gasteiger partial charge in [-0.25, -0.2) is 0 Å². The highest BCUT2D eigenvalue weighted by Gasteiger charge is 2.12. The number of benzene rings is 1. The quantitative estimate of drug-likeness (QED) is 0.749. The minimum absolute atomic E-state index is 0.260. The van der Waals surface area contributed by atoms with Crippen molar-refractivity contribution >= 4 is 17.2 Å². The maximum atomic E-state index is 12.0. The fourth-order valence-corrected chi connectivity index (χ4v) is 2.79. The average Bonchev–Trinajstić information content (AvgIpc) is 3.23. The van der Waals surface area contributed by atoms with Gasteiger partial charge in [0.05, 0.1) is 12.7 Å². The van der Waals surface area contributed by atoms with E-state index in [1.165, 1.54) is 11.3 Å². The SMILES string of the molecule is CCCn1cc(C(=O)NCc2nnc(-c3ccccc3)s2)nn1. The van der Waals surface area contributed by atoms with Gasteiger partial charge in [0.15, 0.2) is 5.69 Å². The van der Waals surface area contributed by atoms with Crippen molar-refractivity contribution in [3.8, 4) is 10.6 Å². The minimum atomic E-state index is -0.260. The molecule has 2 aromatic heterocycles. The van der Waals surface area contributed by atoms with Gasteiger partial charge in [-0.15, -0.1) is 15.3 Å². The second kappa shape index (κ2) is 7.10. The zero-order valence-corrected chi connectivity index (χ0v) is 13.5. The molecule has 1 amide bonds. The number of hydrogen-bond acceptors (Lipinski definition) is 6. The van der Waals surface area contributed by atoms with Crippen LogP contribution in [-0.4, -0.2) is 31.1 Å². The number of carbonyl (C=O) groups is 1. The number of rotatable bonds is 6. The molecule has 0 spiro atoms. The predicted octanol–water partition coefficient (Wildman–Crippen LogP) is 2.14. The molecule has 0 saturated carbocycles. The summed E-state index contributed by atoms with van der Waals surface area (Å²) < 4.78 is 1.66. The largest absolute Gasteiger partial charge is 0.344 e. The summed E-state index contributed by atoms with van der Waals surface area (Å²) >= 11 is 1.46. The number of aromatic nitrogens is 5. The molecule has 0 atom stereocenters. The first-order valence-electron chi connectivity index (χ1n) is 7.32. The fraction of sp³-hybridized carbons (Fsp3) is 0.267. The summed E-state index contributed by atoms with van der Waals surface area (Å²) in [7, 11) is 0. The first-order chi connectivity index (χ1) is 11.3. The van der Waals surface area contributed by atoms with E-state index in [4.69, 9.17) is 0 Å². The van der Waals surface area contributed by atoms with Crippen molar-refractivity contribution in [2.45, 2.75) is 26.4 Å². The Morgan fingerprint density at radius 2 is 2.04 bits per heavy atom. The van der Waals surface area contributed by atoms with Crippen LogP contribution in [0.5, 0.6) is 0 Å². The lowest BCUT2D eigenvalue weighted by molar-refractivity contribution is 0.0945. The maximum absolute atomic E-state index is 12.0. The molecule has 1 aromatic carbocycles. The lowest BCUT2D eigenvalue weighted by Gasteiger charge is -1.98. The Labute approximate surface area is 137 Å². The van der Waals surface area contributed by atoms with Gasteiger partial charge in [0.1, 0.15) is 10.0 Å². The molecule has 3 rings (SSSR count). The Morgan fingerprint density at radius 3 is 2.83 bits per heavy atom. The zero-order chi connectivity index (χ0) is 16.1. The van der Waals surface area contributed by atoms with Crippen molar-refractivity contribution in [1.29, 1.82) is 0 Å². The van der Waals surface area contributed by atoms with E-state index in [1.807, 2.05) is 37.3 Å². The van der Waals surface area contributed by atoms with Gasteiger partial charge in [-0.1, -0.05) is 53.8 Å². The third kappa shape index (κ3) is 3.78. The first kappa shape index (κ1) is 15.3. The van der Waals surface area contributed by atoms with Crippen molar-refractivity contribution in [2.75, 3.05) is 0 Å². The van der Waals surface area contributed by atoms with Crippen LogP contribution in [0.1, 0.15) is 28.8 Å². The number of amides is 1. The van der Waals surface area contributed by atoms with Gasteiger partial charge in [-0.05, 0) is 6.42 Å². The van der Waals surface area contributed by atoms with E-state index in [9.17, 15) is 4.79 Å². The summed E-state index contributed by atoms with van der Waals surface area (Å²) in [6.45, 7) is 3.11. The lowest BCUT2D eigenvalue weighted by Crippen LogP contribution is -2.23. The monoisotopic (exact) mass is 328 g/mol. The standard InChI is InChI=1S/C15H16N6OS/c1-2-8-21-10-12(17-20-21)14(22)16-9-13-18-19-15(23-13)11-6-4-3-5-7-11/h3-7,10H,2,8-9H2,1H3,(H,16,22). The summed E-state index contributed by atoms with van der Waals surface area (Å²) in [5.41, 5.74) is 1.33.